The van der Waals surface area contributed by atoms with Crippen molar-refractivity contribution < 1.29 is 43.8 Å². The molecule has 0 radical (unpaired) electrons. The van der Waals surface area contributed by atoms with Crippen LogP contribution in [0.3, 0.4) is 0 Å². The Morgan fingerprint density at radius 1 is 0.639 bits per heavy atom. The van der Waals surface area contributed by atoms with Crippen LogP contribution in [0.25, 0.3) is 0 Å². The minimum absolute atomic E-state index is 0.187. The topological polar surface area (TPSA) is 284 Å². The molecule has 0 fully saturated rings. The highest BCUT2D eigenvalue weighted by Crippen LogP contribution is 2.01. The molecule has 12 N–H and O–H groups in total. The average molecular weight is 519 g/mol. The van der Waals surface area contributed by atoms with E-state index in [9.17, 15) is 33.6 Å². The van der Waals surface area contributed by atoms with Crippen molar-refractivity contribution in [2.75, 3.05) is 45.9 Å². The lowest BCUT2D eigenvalue weighted by atomic mass is 10.1. The van der Waals surface area contributed by atoms with Crippen LogP contribution in [0.5, 0.6) is 0 Å². The SMILES string of the molecule is NCCCC[C@H](NC(=O)CNC(=O)CNC(=O)[C@H](CO)NC(=O)CN)C(=O)NCC(=O)NCC(=O)O. The number of aliphatic hydroxyl groups is 1. The van der Waals surface area contributed by atoms with Gasteiger partial charge in [-0.3, -0.25) is 33.6 Å². The summed E-state index contributed by atoms with van der Waals surface area (Å²) in [6.07, 6.45) is 1.23. The van der Waals surface area contributed by atoms with Crippen LogP contribution >= 0.6 is 0 Å². The molecule has 0 rings (SSSR count). The smallest absolute Gasteiger partial charge is 0.322 e. The Hall–Kier alpha value is -3.83. The number of rotatable bonds is 18. The number of nitrogens with one attached hydrogen (secondary N) is 6. The van der Waals surface area contributed by atoms with Crippen LogP contribution in [-0.4, -0.2) is 110 Å². The molecule has 17 nitrogen and oxygen atoms in total. The first-order chi connectivity index (χ1) is 17.0. The lowest BCUT2D eigenvalue weighted by Crippen LogP contribution is -2.53. The number of carboxylic acid groups (broad SMARTS) is 1. The minimum Gasteiger partial charge on any atom is -0.480 e. The molecule has 0 aromatic carbocycles. The minimum atomic E-state index is -1.31. The van der Waals surface area contributed by atoms with E-state index in [0.717, 1.165) is 0 Å². The number of unbranched alkanes of at least 4 members (excludes halogenated alkanes) is 1. The van der Waals surface area contributed by atoms with E-state index in [0.29, 0.717) is 19.4 Å². The van der Waals surface area contributed by atoms with Crippen molar-refractivity contribution in [3.8, 4) is 0 Å². The molecule has 6 amide bonds. The molecule has 0 aromatic heterocycles. The summed E-state index contributed by atoms with van der Waals surface area (Å²) < 4.78 is 0. The third-order valence-electron chi connectivity index (χ3n) is 4.35. The monoisotopic (exact) mass is 518 g/mol. The van der Waals surface area contributed by atoms with Crippen molar-refractivity contribution in [2.24, 2.45) is 11.5 Å². The molecule has 0 aromatic rings. The first-order valence-corrected chi connectivity index (χ1v) is 10.9. The standard InChI is InChI=1S/C19H34N8O9/c20-4-2-1-3-11(18(35)24-7-15(31)23-9-17(33)34)26-16(32)8-22-14(30)6-25-19(36)12(10-28)27-13(29)5-21/h11-12,28H,1-10,20-21H2,(H,22,30)(H,23,31)(H,24,35)(H,25,36)(H,26,32)(H,27,29)(H,33,34)/t11-,12-/m0/s1. The van der Waals surface area contributed by atoms with Gasteiger partial charge >= 0.3 is 5.97 Å². The normalized spacial score (nSPS) is 11.9. The second kappa shape index (κ2) is 18.5. The molecule has 0 heterocycles. The lowest BCUT2D eigenvalue weighted by Gasteiger charge is -2.19. The summed E-state index contributed by atoms with van der Waals surface area (Å²) in [6, 6.07) is -2.36. The van der Waals surface area contributed by atoms with Crippen LogP contribution in [0.1, 0.15) is 19.3 Å². The van der Waals surface area contributed by atoms with Gasteiger partial charge in [0.1, 0.15) is 18.6 Å². The zero-order valence-electron chi connectivity index (χ0n) is 19.6. The highest BCUT2D eigenvalue weighted by Gasteiger charge is 2.22. The van der Waals surface area contributed by atoms with E-state index >= 15 is 0 Å². The van der Waals surface area contributed by atoms with Gasteiger partial charge < -0.3 is 53.6 Å². The number of carbonyl (C=O) groups excluding carboxylic acids is 6. The first-order valence-electron chi connectivity index (χ1n) is 10.9. The molecule has 0 bridgehead atoms. The van der Waals surface area contributed by atoms with Gasteiger partial charge in [-0.05, 0) is 25.8 Å². The second-order valence-corrected chi connectivity index (χ2v) is 7.29. The number of hydrogen-bond donors (Lipinski definition) is 10. The molecule has 0 unspecified atom stereocenters. The molecule has 17 heteroatoms. The van der Waals surface area contributed by atoms with Gasteiger partial charge in [-0.1, -0.05) is 0 Å². The van der Waals surface area contributed by atoms with Gasteiger partial charge in [-0.2, -0.15) is 0 Å². The Morgan fingerprint density at radius 2 is 1.14 bits per heavy atom. The summed E-state index contributed by atoms with van der Waals surface area (Å²) >= 11 is 0. The predicted octanol–water partition coefficient (Wildman–Crippen LogP) is -6.41. The Bertz CT molecular complexity index is 793. The molecule has 0 aliphatic heterocycles. The van der Waals surface area contributed by atoms with Crippen LogP contribution in [0.4, 0.5) is 0 Å². The zero-order chi connectivity index (χ0) is 27.5. The molecule has 0 aliphatic rings. The molecule has 36 heavy (non-hydrogen) atoms. The van der Waals surface area contributed by atoms with Gasteiger partial charge in [0.2, 0.25) is 35.4 Å². The van der Waals surface area contributed by atoms with Gasteiger partial charge in [0.15, 0.2) is 0 Å². The summed E-state index contributed by atoms with van der Waals surface area (Å²) in [6.45, 7) is -3.00. The highest BCUT2D eigenvalue weighted by atomic mass is 16.4. The number of amides is 6. The summed E-state index contributed by atoms with van der Waals surface area (Å²) in [7, 11) is 0. The van der Waals surface area contributed by atoms with Crippen LogP contribution in [0.15, 0.2) is 0 Å². The Kier molecular flexibility index (Phi) is 16.5. The number of aliphatic carboxylic acids is 1. The number of hydrogen-bond acceptors (Lipinski definition) is 10. The zero-order valence-corrected chi connectivity index (χ0v) is 19.6. The van der Waals surface area contributed by atoms with Crippen molar-refractivity contribution >= 4 is 41.4 Å². The van der Waals surface area contributed by atoms with Crippen LogP contribution in [-0.2, 0) is 33.6 Å². The maximum atomic E-state index is 12.4. The fourth-order valence-electron chi connectivity index (χ4n) is 2.51. The summed E-state index contributed by atoms with van der Waals surface area (Å²) in [5.41, 5.74) is 10.5. The van der Waals surface area contributed by atoms with E-state index in [-0.39, 0.29) is 6.42 Å². The van der Waals surface area contributed by atoms with E-state index < -0.39 is 92.8 Å². The van der Waals surface area contributed by atoms with Gasteiger partial charge in [-0.25, -0.2) is 0 Å². The van der Waals surface area contributed by atoms with Gasteiger partial charge in [0.25, 0.3) is 0 Å². The van der Waals surface area contributed by atoms with Crippen molar-refractivity contribution in [1.82, 2.24) is 31.9 Å². The summed E-state index contributed by atoms with van der Waals surface area (Å²) in [5.74, 6) is -5.72. The Balaban J connectivity index is 4.64. The number of carbonyl (C=O) groups is 7. The van der Waals surface area contributed by atoms with Gasteiger partial charge in [0.05, 0.1) is 32.8 Å². The quantitative estimate of drug-likeness (QED) is 0.0761. The third-order valence-corrected chi connectivity index (χ3v) is 4.35. The van der Waals surface area contributed by atoms with E-state index in [1.54, 1.807) is 0 Å². The molecule has 2 atom stereocenters. The van der Waals surface area contributed by atoms with E-state index in [1.165, 1.54) is 0 Å². The predicted molar refractivity (Wildman–Crippen MR) is 123 cm³/mol. The molecule has 204 valence electrons. The Morgan fingerprint density at radius 3 is 1.64 bits per heavy atom. The number of carboxylic acids is 1. The molecule has 0 saturated heterocycles. The third kappa shape index (κ3) is 15.1. The van der Waals surface area contributed by atoms with Crippen molar-refractivity contribution in [1.29, 1.82) is 0 Å². The average Bonchev–Trinajstić information content (AvgIpc) is 2.85. The fourth-order valence-corrected chi connectivity index (χ4v) is 2.51. The first kappa shape index (κ1) is 32.2. The molecular weight excluding hydrogens is 484 g/mol. The number of aliphatic hydroxyl groups excluding tert-OH is 1. The summed E-state index contributed by atoms with van der Waals surface area (Å²) in [5, 5.41) is 31.0. The second-order valence-electron chi connectivity index (χ2n) is 7.29. The summed E-state index contributed by atoms with van der Waals surface area (Å²) in [4.78, 5) is 81.6. The van der Waals surface area contributed by atoms with Crippen LogP contribution < -0.4 is 43.4 Å². The van der Waals surface area contributed by atoms with Gasteiger partial charge in [0, 0.05) is 0 Å². The lowest BCUT2D eigenvalue weighted by molar-refractivity contribution is -0.138. The molecule has 0 spiro atoms. The van der Waals surface area contributed by atoms with E-state index in [2.05, 4.69) is 31.9 Å². The van der Waals surface area contributed by atoms with Crippen molar-refractivity contribution in [3.63, 3.8) is 0 Å². The van der Waals surface area contributed by atoms with Gasteiger partial charge in [-0.15, -0.1) is 0 Å². The van der Waals surface area contributed by atoms with Crippen LogP contribution in [0, 0.1) is 0 Å². The molecule has 0 saturated carbocycles. The highest BCUT2D eigenvalue weighted by molar-refractivity contribution is 5.94. The van der Waals surface area contributed by atoms with E-state index in [4.69, 9.17) is 21.7 Å². The maximum absolute atomic E-state index is 12.4. The fraction of sp³-hybridized carbons (Fsp3) is 0.632. The van der Waals surface area contributed by atoms with Crippen LogP contribution in [0.2, 0.25) is 0 Å². The van der Waals surface area contributed by atoms with E-state index in [1.807, 2.05) is 0 Å². The maximum Gasteiger partial charge on any atom is 0.322 e. The molecular formula is C19H34N8O9. The van der Waals surface area contributed by atoms with Crippen molar-refractivity contribution in [3.05, 3.63) is 0 Å². The number of nitrogens with two attached hydrogens (primary N) is 2. The largest absolute Gasteiger partial charge is 0.480 e. The Labute approximate surface area is 206 Å². The molecule has 0 aliphatic carbocycles. The van der Waals surface area contributed by atoms with Crippen molar-refractivity contribution in [2.45, 2.75) is 31.3 Å².